The predicted octanol–water partition coefficient (Wildman–Crippen LogP) is 2.40. The summed E-state index contributed by atoms with van der Waals surface area (Å²) < 4.78 is 32.0. The molecule has 2 aliphatic rings. The molecule has 0 aromatic carbocycles. The van der Waals surface area contributed by atoms with Gasteiger partial charge in [-0.2, -0.15) is 4.31 Å². The second-order valence-electron chi connectivity index (χ2n) is 8.73. The number of hydrogen-bond acceptors (Lipinski definition) is 10. The number of sulfonamides is 1. The molecule has 14 heteroatoms. The first-order valence-electron chi connectivity index (χ1n) is 11.3. The van der Waals surface area contributed by atoms with Gasteiger partial charge in [0.25, 0.3) is 0 Å². The Hall–Kier alpha value is -1.80. The van der Waals surface area contributed by atoms with Crippen molar-refractivity contribution in [3.8, 4) is 11.3 Å². The molecule has 0 saturated carbocycles. The molecule has 5 heterocycles. The lowest BCUT2D eigenvalue weighted by Gasteiger charge is -2.33. The van der Waals surface area contributed by atoms with E-state index in [0.29, 0.717) is 26.3 Å². The third kappa shape index (κ3) is 6.01. The molecule has 36 heavy (non-hydrogen) atoms. The summed E-state index contributed by atoms with van der Waals surface area (Å²) in [6, 6.07) is 2.12. The number of ether oxygens (including phenoxy) is 1. The van der Waals surface area contributed by atoms with Gasteiger partial charge in [0.05, 0.1) is 29.9 Å². The summed E-state index contributed by atoms with van der Waals surface area (Å²) in [7, 11) is -3.14. The summed E-state index contributed by atoms with van der Waals surface area (Å²) in [5.74, 6) is 1.21. The zero-order chi connectivity index (χ0) is 23.9. The molecule has 2 aliphatic heterocycles. The number of piperazine rings is 1. The number of nitrogen functional groups attached to an aromatic ring is 1. The third-order valence-electron chi connectivity index (χ3n) is 6.45. The Morgan fingerprint density at radius 2 is 1.69 bits per heavy atom. The fourth-order valence-electron chi connectivity index (χ4n) is 4.43. The summed E-state index contributed by atoms with van der Waals surface area (Å²) in [6.07, 6.45) is 4.70. The fourth-order valence-corrected chi connectivity index (χ4v) is 6.60. The predicted molar refractivity (Wildman–Crippen MR) is 149 cm³/mol. The van der Waals surface area contributed by atoms with Crippen LogP contribution < -0.4 is 10.6 Å². The molecule has 0 unspecified atom stereocenters. The van der Waals surface area contributed by atoms with Crippen molar-refractivity contribution < 1.29 is 13.2 Å². The van der Waals surface area contributed by atoms with Crippen LogP contribution in [0, 0.1) is 6.92 Å². The fraction of sp³-hybridized carbons (Fsp3) is 0.500. The zero-order valence-corrected chi connectivity index (χ0v) is 23.5. The Morgan fingerprint density at radius 3 is 2.31 bits per heavy atom. The van der Waals surface area contributed by atoms with Crippen LogP contribution >= 0.6 is 36.2 Å². The average Bonchev–Trinajstić information content (AvgIpc) is 3.14. The number of anilines is 2. The molecule has 0 radical (unpaired) electrons. The minimum absolute atomic E-state index is 0. The topological polar surface area (TPSA) is 118 Å². The van der Waals surface area contributed by atoms with E-state index in [9.17, 15) is 8.42 Å². The number of fused-ring (bicyclic) bond motifs is 1. The molecule has 10 nitrogen and oxygen atoms in total. The molecule has 0 amide bonds. The number of pyridine rings is 1. The molecule has 3 aromatic heterocycles. The Morgan fingerprint density at radius 1 is 1.06 bits per heavy atom. The van der Waals surface area contributed by atoms with E-state index in [2.05, 4.69) is 32.8 Å². The normalized spacial score (nSPS) is 17.6. The third-order valence-corrected chi connectivity index (χ3v) is 9.04. The molecular formula is C22H31Cl2N7O3S2. The van der Waals surface area contributed by atoms with E-state index in [1.807, 2.05) is 0 Å². The van der Waals surface area contributed by atoms with Crippen molar-refractivity contribution >= 4 is 68.0 Å². The zero-order valence-electron chi connectivity index (χ0n) is 20.2. The molecule has 3 aromatic rings. The van der Waals surface area contributed by atoms with Crippen molar-refractivity contribution in [2.45, 2.75) is 13.5 Å². The molecule has 0 spiro atoms. The van der Waals surface area contributed by atoms with Crippen molar-refractivity contribution in [2.75, 3.05) is 69.4 Å². The van der Waals surface area contributed by atoms with Crippen LogP contribution in [-0.4, -0.2) is 91.3 Å². The number of halogens is 2. The monoisotopic (exact) mass is 575 g/mol. The Bertz CT molecular complexity index is 1290. The van der Waals surface area contributed by atoms with Gasteiger partial charge in [-0.25, -0.2) is 23.4 Å². The van der Waals surface area contributed by atoms with Crippen LogP contribution in [0.25, 0.3) is 21.3 Å². The first kappa shape index (κ1) is 28.8. The van der Waals surface area contributed by atoms with Gasteiger partial charge in [0.2, 0.25) is 16.0 Å². The van der Waals surface area contributed by atoms with Gasteiger partial charge in [-0.1, -0.05) is 0 Å². The van der Waals surface area contributed by atoms with Crippen molar-refractivity contribution in [1.82, 2.24) is 24.2 Å². The highest BCUT2D eigenvalue weighted by Crippen LogP contribution is 2.39. The molecule has 0 atom stereocenters. The maximum atomic E-state index is 11.9. The van der Waals surface area contributed by atoms with E-state index in [4.69, 9.17) is 15.5 Å². The van der Waals surface area contributed by atoms with E-state index in [1.165, 1.54) is 26.8 Å². The highest BCUT2D eigenvalue weighted by molar-refractivity contribution is 7.88. The van der Waals surface area contributed by atoms with Gasteiger partial charge in [0.1, 0.15) is 5.82 Å². The van der Waals surface area contributed by atoms with Gasteiger partial charge >= 0.3 is 0 Å². The minimum atomic E-state index is -3.14. The van der Waals surface area contributed by atoms with E-state index in [1.54, 1.807) is 28.0 Å². The maximum Gasteiger partial charge on any atom is 0.219 e. The molecule has 0 aliphatic carbocycles. The number of nitrogens with zero attached hydrogens (tertiary/aromatic N) is 6. The second kappa shape index (κ2) is 11.7. The van der Waals surface area contributed by atoms with Crippen LogP contribution in [0.5, 0.6) is 0 Å². The van der Waals surface area contributed by atoms with Gasteiger partial charge in [-0.05, 0) is 18.6 Å². The van der Waals surface area contributed by atoms with Gasteiger partial charge in [-0.15, -0.1) is 36.2 Å². The summed E-state index contributed by atoms with van der Waals surface area (Å²) >= 11 is 1.78. The number of thiophene rings is 1. The molecule has 2 N–H and O–H groups in total. The first-order valence-corrected chi connectivity index (χ1v) is 14.0. The molecule has 2 saturated heterocycles. The van der Waals surface area contributed by atoms with Gasteiger partial charge < -0.3 is 15.4 Å². The van der Waals surface area contributed by atoms with Crippen molar-refractivity contribution in [3.05, 3.63) is 28.9 Å². The van der Waals surface area contributed by atoms with Crippen LogP contribution in [0.1, 0.15) is 10.4 Å². The van der Waals surface area contributed by atoms with Gasteiger partial charge in [0.15, 0.2) is 0 Å². The highest BCUT2D eigenvalue weighted by Gasteiger charge is 2.26. The summed E-state index contributed by atoms with van der Waals surface area (Å²) in [5, 5.41) is 1.18. The number of nitrogens with two attached hydrogens (primary N) is 1. The SMILES string of the molecule is Cc1c(CN2CCN(S(C)(=O)=O)CC2)sc2c(N3CCOCC3)nc(-c3cnc(N)nc3)cc12.Cl.Cl. The highest BCUT2D eigenvalue weighted by atomic mass is 35.5. The summed E-state index contributed by atoms with van der Waals surface area (Å²) in [5.41, 5.74) is 8.57. The Balaban J connectivity index is 0.00000180. The summed E-state index contributed by atoms with van der Waals surface area (Å²) in [6.45, 7) is 8.42. The lowest BCUT2D eigenvalue weighted by molar-refractivity contribution is 0.122. The quantitative estimate of drug-likeness (QED) is 0.489. The van der Waals surface area contributed by atoms with Crippen LogP contribution in [0.4, 0.5) is 11.8 Å². The molecule has 198 valence electrons. The van der Waals surface area contributed by atoms with Gasteiger partial charge in [-0.3, -0.25) is 4.90 Å². The van der Waals surface area contributed by atoms with E-state index in [-0.39, 0.29) is 30.8 Å². The minimum Gasteiger partial charge on any atom is -0.378 e. The molecule has 0 bridgehead atoms. The van der Waals surface area contributed by atoms with Crippen LogP contribution in [0.15, 0.2) is 18.5 Å². The lowest BCUT2D eigenvalue weighted by atomic mass is 10.1. The molecule has 5 rings (SSSR count). The second-order valence-corrected chi connectivity index (χ2v) is 11.8. The number of aryl methyl sites for hydroxylation is 1. The maximum absolute atomic E-state index is 11.9. The van der Waals surface area contributed by atoms with Crippen molar-refractivity contribution in [3.63, 3.8) is 0 Å². The molecule has 2 fully saturated rings. The van der Waals surface area contributed by atoms with E-state index < -0.39 is 10.0 Å². The standard InChI is InChI=1S/C22H29N7O3S2.2ClH/c1-15-17-11-18(16-12-24-22(23)25-13-16)26-21(28-7-9-32-10-8-28)20(17)33-19(15)14-27-3-5-29(6-4-27)34(2,30)31;;/h11-13H,3-10,14H2,1-2H3,(H2,23,24,25);2*1H. The number of rotatable bonds is 5. The molecular weight excluding hydrogens is 545 g/mol. The largest absolute Gasteiger partial charge is 0.378 e. The van der Waals surface area contributed by atoms with Crippen molar-refractivity contribution in [1.29, 1.82) is 0 Å². The Labute approximate surface area is 227 Å². The smallest absolute Gasteiger partial charge is 0.219 e. The number of morpholine rings is 1. The number of hydrogen-bond donors (Lipinski definition) is 1. The Kier molecular flexibility index (Phi) is 9.36. The summed E-state index contributed by atoms with van der Waals surface area (Å²) in [4.78, 5) is 19.2. The van der Waals surface area contributed by atoms with Gasteiger partial charge in [0, 0.05) is 74.0 Å². The average molecular weight is 577 g/mol. The van der Waals surface area contributed by atoms with Crippen LogP contribution in [0.2, 0.25) is 0 Å². The van der Waals surface area contributed by atoms with Crippen molar-refractivity contribution in [2.24, 2.45) is 0 Å². The van der Waals surface area contributed by atoms with E-state index >= 15 is 0 Å². The van der Waals surface area contributed by atoms with Crippen LogP contribution in [-0.2, 0) is 21.3 Å². The van der Waals surface area contributed by atoms with E-state index in [0.717, 1.165) is 49.8 Å². The van der Waals surface area contributed by atoms with Crippen LogP contribution in [0.3, 0.4) is 0 Å². The lowest BCUT2D eigenvalue weighted by Crippen LogP contribution is -2.47. The number of aromatic nitrogens is 3. The first-order chi connectivity index (χ1) is 16.3.